The third kappa shape index (κ3) is 6.74. The molecule has 6 nitrogen and oxygen atoms in total. The Bertz CT molecular complexity index is 927. The number of nitrogens with zero attached hydrogens (tertiary/aromatic N) is 3. The number of H-pyrrole nitrogens is 1. The Balaban J connectivity index is 0.00000300. The fraction of sp³-hybridized carbons (Fsp3) is 0.286. The minimum atomic E-state index is 0. The van der Waals surface area contributed by atoms with Gasteiger partial charge in [0.15, 0.2) is 11.8 Å². The Morgan fingerprint density at radius 3 is 2.76 bits per heavy atom. The first-order valence-corrected chi connectivity index (χ1v) is 10.5. The summed E-state index contributed by atoms with van der Waals surface area (Å²) in [5, 5.41) is 13.6. The molecule has 8 heteroatoms. The van der Waals surface area contributed by atoms with Crippen molar-refractivity contribution in [2.75, 3.05) is 12.8 Å². The number of thioether (sulfide) groups is 1. The summed E-state index contributed by atoms with van der Waals surface area (Å²) in [5.41, 5.74) is 4.68. The normalized spacial score (nSPS) is 11.1. The highest BCUT2D eigenvalue weighted by molar-refractivity contribution is 14.0. The Morgan fingerprint density at radius 1 is 1.17 bits per heavy atom. The molecule has 0 amide bonds. The predicted molar refractivity (Wildman–Crippen MR) is 132 cm³/mol. The number of rotatable bonds is 7. The highest BCUT2D eigenvalue weighted by Crippen LogP contribution is 2.21. The lowest BCUT2D eigenvalue weighted by molar-refractivity contribution is 0.807. The quantitative estimate of drug-likeness (QED) is 0.186. The summed E-state index contributed by atoms with van der Waals surface area (Å²) in [6, 6.07) is 14.7. The zero-order valence-electron chi connectivity index (χ0n) is 16.9. The summed E-state index contributed by atoms with van der Waals surface area (Å²) < 4.78 is 0. The van der Waals surface area contributed by atoms with E-state index in [0.717, 1.165) is 36.0 Å². The van der Waals surface area contributed by atoms with Gasteiger partial charge in [-0.15, -0.1) is 35.7 Å². The van der Waals surface area contributed by atoms with Gasteiger partial charge in [-0.25, -0.2) is 9.98 Å². The van der Waals surface area contributed by atoms with Crippen molar-refractivity contribution in [1.82, 2.24) is 25.8 Å². The lowest BCUT2D eigenvalue weighted by Crippen LogP contribution is -2.36. The second kappa shape index (κ2) is 11.8. The van der Waals surface area contributed by atoms with Gasteiger partial charge in [-0.1, -0.05) is 30.3 Å². The first-order chi connectivity index (χ1) is 13.7. The molecule has 1 aromatic heterocycles. The van der Waals surface area contributed by atoms with Gasteiger partial charge in [0.05, 0.1) is 6.54 Å². The van der Waals surface area contributed by atoms with Gasteiger partial charge in [0.2, 0.25) is 0 Å². The number of hydrogen-bond acceptors (Lipinski definition) is 4. The van der Waals surface area contributed by atoms with E-state index in [2.05, 4.69) is 76.2 Å². The van der Waals surface area contributed by atoms with Gasteiger partial charge < -0.3 is 10.6 Å². The third-order valence-electron chi connectivity index (χ3n) is 4.27. The second-order valence-electron chi connectivity index (χ2n) is 6.40. The number of benzene rings is 2. The first kappa shape index (κ1) is 23.2. The highest BCUT2D eigenvalue weighted by Gasteiger charge is 2.05. The van der Waals surface area contributed by atoms with Gasteiger partial charge in [-0.3, -0.25) is 5.10 Å². The van der Waals surface area contributed by atoms with E-state index < -0.39 is 0 Å². The molecule has 0 aliphatic carbocycles. The zero-order chi connectivity index (χ0) is 19.8. The standard InChI is InChI=1S/C21H26N6S.HI/c1-4-22-21(24-13-18-9-8-15(2)10-19(18)28-3)23-12-16-6-5-7-17(11-16)20-25-14-26-27-20;/h5-11,14H,4,12-13H2,1-3H3,(H2,22,23,24)(H,25,26,27);1H. The lowest BCUT2D eigenvalue weighted by Gasteiger charge is -2.14. The van der Waals surface area contributed by atoms with Crippen LogP contribution < -0.4 is 10.6 Å². The van der Waals surface area contributed by atoms with Crippen LogP contribution in [0.25, 0.3) is 11.4 Å². The summed E-state index contributed by atoms with van der Waals surface area (Å²) in [5.74, 6) is 1.57. The summed E-state index contributed by atoms with van der Waals surface area (Å²) in [4.78, 5) is 10.2. The third-order valence-corrected chi connectivity index (χ3v) is 5.09. The molecule has 1 heterocycles. The lowest BCUT2D eigenvalue weighted by atomic mass is 10.1. The molecule has 0 fully saturated rings. The molecule has 29 heavy (non-hydrogen) atoms. The SMILES string of the molecule is CCNC(=NCc1cccc(-c2ncn[nH]2)c1)NCc1ccc(C)cc1SC.I. The van der Waals surface area contributed by atoms with Crippen LogP contribution in [0.2, 0.25) is 0 Å². The molecule has 0 saturated heterocycles. The van der Waals surface area contributed by atoms with Gasteiger partial charge >= 0.3 is 0 Å². The Morgan fingerprint density at radius 2 is 2.03 bits per heavy atom. The van der Waals surface area contributed by atoms with Crippen LogP contribution in [0.15, 0.2) is 58.7 Å². The van der Waals surface area contributed by atoms with E-state index in [9.17, 15) is 0 Å². The number of aromatic nitrogens is 3. The predicted octanol–water partition coefficient (Wildman–Crippen LogP) is 4.38. The molecule has 0 radical (unpaired) electrons. The molecule has 0 aliphatic heterocycles. The number of aryl methyl sites for hydroxylation is 1. The van der Waals surface area contributed by atoms with Crippen LogP contribution >= 0.6 is 35.7 Å². The van der Waals surface area contributed by atoms with Crippen molar-refractivity contribution in [3.05, 3.63) is 65.5 Å². The van der Waals surface area contributed by atoms with E-state index in [0.29, 0.717) is 6.54 Å². The minimum Gasteiger partial charge on any atom is -0.357 e. The molecule has 0 atom stereocenters. The average Bonchev–Trinajstić information content (AvgIpc) is 3.26. The van der Waals surface area contributed by atoms with E-state index in [1.165, 1.54) is 22.3 Å². The largest absolute Gasteiger partial charge is 0.357 e. The Kier molecular flexibility index (Phi) is 9.46. The molecular formula is C21H27IN6S. The molecule has 0 unspecified atom stereocenters. The van der Waals surface area contributed by atoms with Crippen molar-refractivity contribution in [2.24, 2.45) is 4.99 Å². The van der Waals surface area contributed by atoms with E-state index in [1.807, 2.05) is 12.1 Å². The molecule has 0 bridgehead atoms. The van der Waals surface area contributed by atoms with E-state index in [1.54, 1.807) is 11.8 Å². The molecule has 3 rings (SSSR count). The zero-order valence-corrected chi connectivity index (χ0v) is 20.0. The monoisotopic (exact) mass is 522 g/mol. The Hall–Kier alpha value is -2.07. The van der Waals surface area contributed by atoms with Crippen molar-refractivity contribution < 1.29 is 0 Å². The maximum Gasteiger partial charge on any atom is 0.191 e. The van der Waals surface area contributed by atoms with Crippen molar-refractivity contribution in [3.8, 4) is 11.4 Å². The van der Waals surface area contributed by atoms with Gasteiger partial charge in [0, 0.05) is 23.5 Å². The molecule has 2 aromatic carbocycles. The number of guanidine groups is 1. The smallest absolute Gasteiger partial charge is 0.191 e. The summed E-state index contributed by atoms with van der Waals surface area (Å²) in [6.45, 7) is 6.32. The maximum atomic E-state index is 4.74. The fourth-order valence-corrected chi connectivity index (χ4v) is 3.56. The van der Waals surface area contributed by atoms with Gasteiger partial charge in [0.25, 0.3) is 0 Å². The molecule has 0 aliphatic rings. The highest BCUT2D eigenvalue weighted by atomic mass is 127. The van der Waals surface area contributed by atoms with Crippen molar-refractivity contribution in [1.29, 1.82) is 0 Å². The van der Waals surface area contributed by atoms with Crippen LogP contribution in [0.4, 0.5) is 0 Å². The second-order valence-corrected chi connectivity index (χ2v) is 7.25. The molecule has 154 valence electrons. The van der Waals surface area contributed by atoms with Crippen LogP contribution in [0.3, 0.4) is 0 Å². The maximum absolute atomic E-state index is 4.74. The number of halogens is 1. The molecule has 3 N–H and O–H groups in total. The average molecular weight is 522 g/mol. The number of nitrogens with one attached hydrogen (secondary N) is 3. The van der Waals surface area contributed by atoms with Crippen LogP contribution in [-0.4, -0.2) is 33.9 Å². The number of aliphatic imine (C=N–C) groups is 1. The van der Waals surface area contributed by atoms with Gasteiger partial charge in [0.1, 0.15) is 6.33 Å². The molecule has 0 saturated carbocycles. The van der Waals surface area contributed by atoms with E-state index in [4.69, 9.17) is 4.99 Å². The van der Waals surface area contributed by atoms with Crippen LogP contribution in [-0.2, 0) is 13.1 Å². The topological polar surface area (TPSA) is 78.0 Å². The van der Waals surface area contributed by atoms with E-state index >= 15 is 0 Å². The van der Waals surface area contributed by atoms with Crippen molar-refractivity contribution >= 4 is 41.7 Å². The summed E-state index contributed by atoms with van der Waals surface area (Å²) >= 11 is 1.77. The molecule has 3 aromatic rings. The molecular weight excluding hydrogens is 495 g/mol. The summed E-state index contributed by atoms with van der Waals surface area (Å²) in [6.07, 6.45) is 3.63. The van der Waals surface area contributed by atoms with Crippen molar-refractivity contribution in [3.63, 3.8) is 0 Å². The van der Waals surface area contributed by atoms with Gasteiger partial charge in [-0.05, 0) is 48.9 Å². The fourth-order valence-electron chi connectivity index (χ4n) is 2.85. The van der Waals surface area contributed by atoms with Crippen molar-refractivity contribution in [2.45, 2.75) is 31.8 Å². The van der Waals surface area contributed by atoms with Crippen LogP contribution in [0.1, 0.15) is 23.6 Å². The molecule has 0 spiro atoms. The number of hydrogen-bond donors (Lipinski definition) is 3. The van der Waals surface area contributed by atoms with E-state index in [-0.39, 0.29) is 24.0 Å². The minimum absolute atomic E-state index is 0. The number of aromatic amines is 1. The van der Waals surface area contributed by atoms with Crippen LogP contribution in [0.5, 0.6) is 0 Å². The van der Waals surface area contributed by atoms with Crippen LogP contribution in [0, 0.1) is 6.92 Å². The Labute approximate surface area is 193 Å². The first-order valence-electron chi connectivity index (χ1n) is 9.30. The summed E-state index contributed by atoms with van der Waals surface area (Å²) in [7, 11) is 0. The van der Waals surface area contributed by atoms with Gasteiger partial charge in [-0.2, -0.15) is 5.10 Å².